The summed E-state index contributed by atoms with van der Waals surface area (Å²) in [5.74, 6) is 0. The van der Waals surface area contributed by atoms with Crippen molar-refractivity contribution in [1.82, 2.24) is 9.62 Å². The van der Waals surface area contributed by atoms with Gasteiger partial charge < -0.3 is 10.4 Å². The van der Waals surface area contributed by atoms with E-state index >= 15 is 0 Å². The Balaban J connectivity index is 2.58. The van der Waals surface area contributed by atoms with E-state index in [0.717, 1.165) is 4.31 Å². The smallest absolute Gasteiger partial charge is 0.336 e. The quantitative estimate of drug-likeness (QED) is 0.447. The Bertz CT molecular complexity index is 240. The topological polar surface area (TPSA) is 89.9 Å². The number of piperazine rings is 1. The summed E-state index contributed by atoms with van der Waals surface area (Å²) in [6, 6.07) is -0.277. The van der Waals surface area contributed by atoms with Gasteiger partial charge in [0.1, 0.15) is 0 Å². The van der Waals surface area contributed by atoms with Gasteiger partial charge in [0.05, 0.1) is 6.61 Å². The second-order valence-electron chi connectivity index (χ2n) is 2.67. The van der Waals surface area contributed by atoms with E-state index in [1.165, 1.54) is 0 Å². The van der Waals surface area contributed by atoms with E-state index in [9.17, 15) is 8.42 Å². The van der Waals surface area contributed by atoms with Gasteiger partial charge in [-0.05, 0) is 0 Å². The average molecular weight is 196 g/mol. The van der Waals surface area contributed by atoms with Gasteiger partial charge in [-0.3, -0.25) is 4.55 Å². The van der Waals surface area contributed by atoms with Crippen molar-refractivity contribution in [2.75, 3.05) is 26.2 Å². The number of nitrogens with one attached hydrogen (secondary N) is 1. The van der Waals surface area contributed by atoms with Crippen molar-refractivity contribution < 1.29 is 18.1 Å². The molecule has 0 bridgehead atoms. The molecule has 0 aliphatic carbocycles. The Morgan fingerprint density at radius 3 is 2.75 bits per heavy atom. The molecule has 1 saturated heterocycles. The predicted molar refractivity (Wildman–Crippen MR) is 42.0 cm³/mol. The van der Waals surface area contributed by atoms with Crippen LogP contribution in [0.15, 0.2) is 0 Å². The van der Waals surface area contributed by atoms with Crippen molar-refractivity contribution in [3.63, 3.8) is 0 Å². The van der Waals surface area contributed by atoms with E-state index in [0.29, 0.717) is 6.54 Å². The SMILES string of the molecule is O=S(=O)(O)N1CCN[C@H](CO)C1. The number of nitrogens with zero attached hydrogens (tertiary/aromatic N) is 1. The van der Waals surface area contributed by atoms with Crippen LogP contribution < -0.4 is 5.32 Å². The first-order chi connectivity index (χ1) is 5.54. The normalized spacial score (nSPS) is 27.3. The predicted octanol–water partition coefficient (Wildman–Crippen LogP) is -1.94. The maximum atomic E-state index is 10.6. The fourth-order valence-electron chi connectivity index (χ4n) is 1.13. The third-order valence-electron chi connectivity index (χ3n) is 1.76. The molecular weight excluding hydrogens is 184 g/mol. The van der Waals surface area contributed by atoms with Gasteiger partial charge in [0, 0.05) is 25.7 Å². The van der Waals surface area contributed by atoms with Crippen LogP contribution >= 0.6 is 0 Å². The molecule has 72 valence electrons. The molecule has 1 atom stereocenters. The Labute approximate surface area is 71.1 Å². The molecule has 0 aromatic carbocycles. The maximum Gasteiger partial charge on any atom is 0.336 e. The molecule has 1 aliphatic heterocycles. The monoisotopic (exact) mass is 196 g/mol. The lowest BCUT2D eigenvalue weighted by Gasteiger charge is -2.29. The molecule has 1 rings (SSSR count). The van der Waals surface area contributed by atoms with Crippen LogP contribution in [-0.2, 0) is 10.3 Å². The van der Waals surface area contributed by atoms with Gasteiger partial charge >= 0.3 is 10.3 Å². The summed E-state index contributed by atoms with van der Waals surface area (Å²) in [5.41, 5.74) is 0. The fraction of sp³-hybridized carbons (Fsp3) is 1.00. The van der Waals surface area contributed by atoms with Gasteiger partial charge in [-0.2, -0.15) is 12.7 Å². The number of hydrogen-bond donors (Lipinski definition) is 3. The lowest BCUT2D eigenvalue weighted by atomic mass is 10.2. The highest BCUT2D eigenvalue weighted by molar-refractivity contribution is 7.83. The van der Waals surface area contributed by atoms with Gasteiger partial charge in [-0.25, -0.2) is 0 Å². The van der Waals surface area contributed by atoms with Crippen LogP contribution in [0.5, 0.6) is 0 Å². The summed E-state index contributed by atoms with van der Waals surface area (Å²) in [5, 5.41) is 11.6. The molecule has 0 spiro atoms. The maximum absolute atomic E-state index is 10.6. The lowest BCUT2D eigenvalue weighted by Crippen LogP contribution is -2.53. The van der Waals surface area contributed by atoms with E-state index in [4.69, 9.17) is 9.66 Å². The molecule has 1 heterocycles. The molecule has 6 nitrogen and oxygen atoms in total. The fourth-order valence-corrected chi connectivity index (χ4v) is 1.82. The van der Waals surface area contributed by atoms with E-state index < -0.39 is 10.3 Å². The second kappa shape index (κ2) is 3.67. The summed E-state index contributed by atoms with van der Waals surface area (Å²) in [6.07, 6.45) is 0. The Morgan fingerprint density at radius 2 is 2.25 bits per heavy atom. The van der Waals surface area contributed by atoms with Crippen LogP contribution in [0.4, 0.5) is 0 Å². The van der Waals surface area contributed by atoms with E-state index in [-0.39, 0.29) is 25.7 Å². The molecule has 0 saturated carbocycles. The van der Waals surface area contributed by atoms with Crippen molar-refractivity contribution in [3.05, 3.63) is 0 Å². The van der Waals surface area contributed by atoms with Crippen molar-refractivity contribution in [2.45, 2.75) is 6.04 Å². The lowest BCUT2D eigenvalue weighted by molar-refractivity contribution is 0.189. The summed E-state index contributed by atoms with van der Waals surface area (Å²) in [7, 11) is -4.09. The molecule has 1 fully saturated rings. The van der Waals surface area contributed by atoms with Crippen LogP contribution in [-0.4, -0.2) is 54.7 Å². The van der Waals surface area contributed by atoms with E-state index in [1.807, 2.05) is 0 Å². The third-order valence-corrected chi connectivity index (χ3v) is 2.75. The van der Waals surface area contributed by atoms with Crippen molar-refractivity contribution in [2.24, 2.45) is 0 Å². The van der Waals surface area contributed by atoms with Gasteiger partial charge in [-0.1, -0.05) is 0 Å². The highest BCUT2D eigenvalue weighted by Gasteiger charge is 2.26. The van der Waals surface area contributed by atoms with Gasteiger partial charge in [0.25, 0.3) is 0 Å². The summed E-state index contributed by atoms with van der Waals surface area (Å²) < 4.78 is 30.8. The molecule has 3 N–H and O–H groups in total. The number of aliphatic hydroxyl groups is 1. The standard InChI is InChI=1S/C5H12N2O4S/c8-4-5-3-7(2-1-6-5)12(9,10)11/h5-6,8H,1-4H2,(H,9,10,11)/t5-/m0/s1. The molecule has 0 radical (unpaired) electrons. The average Bonchev–Trinajstić information content (AvgIpc) is 2.03. The minimum absolute atomic E-state index is 0.120. The zero-order valence-electron chi connectivity index (χ0n) is 6.47. The Kier molecular flexibility index (Phi) is 3.02. The zero-order chi connectivity index (χ0) is 9.19. The minimum Gasteiger partial charge on any atom is -0.395 e. The summed E-state index contributed by atoms with van der Waals surface area (Å²) >= 11 is 0. The van der Waals surface area contributed by atoms with E-state index in [2.05, 4.69) is 5.32 Å². The number of aliphatic hydroxyl groups excluding tert-OH is 1. The first-order valence-corrected chi connectivity index (χ1v) is 5.00. The van der Waals surface area contributed by atoms with Gasteiger partial charge in [-0.15, -0.1) is 0 Å². The van der Waals surface area contributed by atoms with Crippen LogP contribution in [0.2, 0.25) is 0 Å². The minimum atomic E-state index is -4.09. The Morgan fingerprint density at radius 1 is 1.58 bits per heavy atom. The molecular formula is C5H12N2O4S. The molecule has 0 aromatic heterocycles. The second-order valence-corrected chi connectivity index (χ2v) is 4.08. The molecule has 0 aromatic rings. The largest absolute Gasteiger partial charge is 0.395 e. The third kappa shape index (κ3) is 2.39. The highest BCUT2D eigenvalue weighted by Crippen LogP contribution is 2.02. The first-order valence-electron chi connectivity index (χ1n) is 3.61. The first kappa shape index (κ1) is 9.87. The molecule has 7 heteroatoms. The molecule has 12 heavy (non-hydrogen) atoms. The number of hydrogen-bond acceptors (Lipinski definition) is 4. The number of rotatable bonds is 2. The van der Waals surface area contributed by atoms with Crippen molar-refractivity contribution >= 4 is 10.3 Å². The van der Waals surface area contributed by atoms with Crippen molar-refractivity contribution in [3.8, 4) is 0 Å². The van der Waals surface area contributed by atoms with Crippen LogP contribution in [0.25, 0.3) is 0 Å². The summed E-state index contributed by atoms with van der Waals surface area (Å²) in [4.78, 5) is 0. The zero-order valence-corrected chi connectivity index (χ0v) is 7.29. The van der Waals surface area contributed by atoms with Crippen LogP contribution in [0.3, 0.4) is 0 Å². The molecule has 0 unspecified atom stereocenters. The van der Waals surface area contributed by atoms with Gasteiger partial charge in [0.15, 0.2) is 0 Å². The van der Waals surface area contributed by atoms with Gasteiger partial charge in [0.2, 0.25) is 0 Å². The molecule has 1 aliphatic rings. The molecule has 0 amide bonds. The van der Waals surface area contributed by atoms with E-state index in [1.54, 1.807) is 0 Å². The Hall–Kier alpha value is -0.210. The van der Waals surface area contributed by atoms with Crippen LogP contribution in [0.1, 0.15) is 0 Å². The van der Waals surface area contributed by atoms with Crippen LogP contribution in [0, 0.1) is 0 Å². The summed E-state index contributed by atoms with van der Waals surface area (Å²) in [6.45, 7) is 0.682. The van der Waals surface area contributed by atoms with Crippen molar-refractivity contribution in [1.29, 1.82) is 0 Å². The highest BCUT2D eigenvalue weighted by atomic mass is 32.2.